The number of ether oxygens (including phenoxy) is 1. The van der Waals surface area contributed by atoms with Crippen molar-refractivity contribution in [3.05, 3.63) is 29.8 Å². The molecular formula is C17H26N2O3. The molecule has 1 aliphatic rings. The molecular weight excluding hydrogens is 280 g/mol. The number of aliphatic hydroxyl groups is 1. The van der Waals surface area contributed by atoms with E-state index < -0.39 is 5.60 Å². The molecule has 1 aliphatic carbocycles. The Hall–Kier alpha value is -1.75. The fourth-order valence-corrected chi connectivity index (χ4v) is 2.40. The van der Waals surface area contributed by atoms with Gasteiger partial charge in [0.05, 0.1) is 11.7 Å². The summed E-state index contributed by atoms with van der Waals surface area (Å²) in [5, 5.41) is 15.4. The third-order valence-corrected chi connectivity index (χ3v) is 3.86. The smallest absolute Gasteiger partial charge is 0.314 e. The van der Waals surface area contributed by atoms with Crippen molar-refractivity contribution in [2.45, 2.75) is 51.2 Å². The van der Waals surface area contributed by atoms with E-state index in [0.717, 1.165) is 37.0 Å². The second-order valence-electron chi connectivity index (χ2n) is 6.25. The molecule has 2 amide bonds. The molecule has 22 heavy (non-hydrogen) atoms. The van der Waals surface area contributed by atoms with Gasteiger partial charge >= 0.3 is 6.03 Å². The molecule has 1 saturated carbocycles. The number of urea groups is 1. The number of benzene rings is 1. The van der Waals surface area contributed by atoms with Gasteiger partial charge in [0, 0.05) is 13.1 Å². The highest BCUT2D eigenvalue weighted by Crippen LogP contribution is 2.30. The maximum Gasteiger partial charge on any atom is 0.314 e. The summed E-state index contributed by atoms with van der Waals surface area (Å²) in [7, 11) is 0. The molecule has 1 fully saturated rings. The Kier molecular flexibility index (Phi) is 5.66. The highest BCUT2D eigenvalue weighted by Gasteiger charge is 2.34. The van der Waals surface area contributed by atoms with Gasteiger partial charge in [0.15, 0.2) is 0 Å². The van der Waals surface area contributed by atoms with Crippen LogP contribution in [-0.4, -0.2) is 35.9 Å². The van der Waals surface area contributed by atoms with Gasteiger partial charge in [-0.2, -0.15) is 0 Å². The first-order chi connectivity index (χ1) is 10.5. The number of amides is 2. The van der Waals surface area contributed by atoms with Crippen LogP contribution in [-0.2, 0) is 6.42 Å². The lowest BCUT2D eigenvalue weighted by atomic mass is 9.80. The summed E-state index contributed by atoms with van der Waals surface area (Å²) in [4.78, 5) is 11.6. The summed E-state index contributed by atoms with van der Waals surface area (Å²) in [6.07, 6.45) is 3.52. The van der Waals surface area contributed by atoms with E-state index in [2.05, 4.69) is 10.6 Å². The highest BCUT2D eigenvalue weighted by molar-refractivity contribution is 5.73. The molecule has 0 atom stereocenters. The van der Waals surface area contributed by atoms with E-state index in [1.54, 1.807) is 0 Å². The topological polar surface area (TPSA) is 70.6 Å². The van der Waals surface area contributed by atoms with Gasteiger partial charge in [0.2, 0.25) is 0 Å². The predicted octanol–water partition coefficient (Wildman–Crippen LogP) is 2.23. The molecule has 0 aromatic heterocycles. The fourth-order valence-electron chi connectivity index (χ4n) is 2.40. The lowest BCUT2D eigenvalue weighted by molar-refractivity contribution is -0.0290. The normalized spacial score (nSPS) is 16.0. The van der Waals surface area contributed by atoms with E-state index in [9.17, 15) is 9.90 Å². The number of carbonyl (C=O) groups excluding carboxylic acids is 1. The van der Waals surface area contributed by atoms with Gasteiger partial charge in [-0.05, 0) is 57.2 Å². The van der Waals surface area contributed by atoms with Gasteiger partial charge in [-0.1, -0.05) is 12.1 Å². The minimum absolute atomic E-state index is 0.168. The Labute approximate surface area is 132 Å². The van der Waals surface area contributed by atoms with Crippen LogP contribution in [0, 0.1) is 0 Å². The van der Waals surface area contributed by atoms with Crippen molar-refractivity contribution < 1.29 is 14.6 Å². The molecule has 5 nitrogen and oxygen atoms in total. The van der Waals surface area contributed by atoms with Crippen molar-refractivity contribution in [3.63, 3.8) is 0 Å². The van der Waals surface area contributed by atoms with Crippen LogP contribution < -0.4 is 15.4 Å². The quantitative estimate of drug-likeness (QED) is 0.723. The first-order valence-electron chi connectivity index (χ1n) is 7.96. The first kappa shape index (κ1) is 16.6. The summed E-state index contributed by atoms with van der Waals surface area (Å²) >= 11 is 0. The van der Waals surface area contributed by atoms with E-state index in [1.807, 2.05) is 38.1 Å². The van der Waals surface area contributed by atoms with Crippen molar-refractivity contribution in [1.29, 1.82) is 0 Å². The zero-order valence-corrected chi connectivity index (χ0v) is 13.4. The summed E-state index contributed by atoms with van der Waals surface area (Å²) in [5.41, 5.74) is 0.470. The Balaban J connectivity index is 1.64. The van der Waals surface area contributed by atoms with Gasteiger partial charge in [-0.25, -0.2) is 4.79 Å². The minimum Gasteiger partial charge on any atom is -0.491 e. The van der Waals surface area contributed by atoms with E-state index >= 15 is 0 Å². The molecule has 5 heteroatoms. The number of hydrogen-bond acceptors (Lipinski definition) is 3. The molecule has 0 saturated heterocycles. The van der Waals surface area contributed by atoms with Crippen molar-refractivity contribution in [3.8, 4) is 5.75 Å². The number of rotatable bonds is 7. The largest absolute Gasteiger partial charge is 0.491 e. The Bertz CT molecular complexity index is 481. The molecule has 0 aliphatic heterocycles. The number of hydrogen-bond donors (Lipinski definition) is 3. The standard InChI is InChI=1S/C17H26N2O3/c1-13(2)22-15-6-4-14(5-7-15)8-11-18-16(20)19-12-17(21)9-3-10-17/h4-7,13,21H,3,8-12H2,1-2H3,(H2,18,19,20). The Morgan fingerprint density at radius 2 is 1.95 bits per heavy atom. The molecule has 1 aromatic carbocycles. The number of carbonyl (C=O) groups is 1. The maximum atomic E-state index is 11.6. The van der Waals surface area contributed by atoms with Gasteiger partial charge in [-0.15, -0.1) is 0 Å². The van der Waals surface area contributed by atoms with Crippen LogP contribution in [0.3, 0.4) is 0 Å². The van der Waals surface area contributed by atoms with E-state index in [0.29, 0.717) is 13.1 Å². The van der Waals surface area contributed by atoms with E-state index in [4.69, 9.17) is 4.74 Å². The third-order valence-electron chi connectivity index (χ3n) is 3.86. The van der Waals surface area contributed by atoms with Crippen molar-refractivity contribution >= 4 is 6.03 Å². The minimum atomic E-state index is -0.677. The van der Waals surface area contributed by atoms with Gasteiger partial charge in [0.1, 0.15) is 5.75 Å². The van der Waals surface area contributed by atoms with Gasteiger partial charge < -0.3 is 20.5 Å². The second kappa shape index (κ2) is 7.49. The van der Waals surface area contributed by atoms with Crippen LogP contribution in [0.4, 0.5) is 4.79 Å². The highest BCUT2D eigenvalue weighted by atomic mass is 16.5. The van der Waals surface area contributed by atoms with Gasteiger partial charge in [-0.3, -0.25) is 0 Å². The summed E-state index contributed by atoms with van der Waals surface area (Å²) in [6, 6.07) is 7.69. The lowest BCUT2D eigenvalue weighted by Gasteiger charge is -2.36. The van der Waals surface area contributed by atoms with Crippen LogP contribution in [0.2, 0.25) is 0 Å². The lowest BCUT2D eigenvalue weighted by Crippen LogP contribution is -2.50. The molecule has 0 heterocycles. The van der Waals surface area contributed by atoms with Crippen molar-refractivity contribution in [2.75, 3.05) is 13.1 Å². The van der Waals surface area contributed by atoms with Crippen LogP contribution >= 0.6 is 0 Å². The summed E-state index contributed by atoms with van der Waals surface area (Å²) in [6.45, 7) is 4.89. The molecule has 2 rings (SSSR count). The third kappa shape index (κ3) is 5.22. The van der Waals surface area contributed by atoms with Crippen LogP contribution in [0.1, 0.15) is 38.7 Å². The molecule has 1 aromatic rings. The molecule has 0 spiro atoms. The Morgan fingerprint density at radius 3 is 2.50 bits per heavy atom. The predicted molar refractivity (Wildman–Crippen MR) is 86.1 cm³/mol. The van der Waals surface area contributed by atoms with E-state index in [-0.39, 0.29) is 12.1 Å². The molecule has 0 radical (unpaired) electrons. The Morgan fingerprint density at radius 1 is 1.27 bits per heavy atom. The van der Waals surface area contributed by atoms with Crippen LogP contribution in [0.25, 0.3) is 0 Å². The fraction of sp³-hybridized carbons (Fsp3) is 0.588. The zero-order chi connectivity index (χ0) is 16.0. The summed E-state index contributed by atoms with van der Waals surface area (Å²) in [5.74, 6) is 0.859. The van der Waals surface area contributed by atoms with E-state index in [1.165, 1.54) is 0 Å². The SMILES string of the molecule is CC(C)Oc1ccc(CCNC(=O)NCC2(O)CCC2)cc1. The van der Waals surface area contributed by atoms with Crippen LogP contribution in [0.15, 0.2) is 24.3 Å². The van der Waals surface area contributed by atoms with Crippen molar-refractivity contribution in [2.24, 2.45) is 0 Å². The van der Waals surface area contributed by atoms with Crippen molar-refractivity contribution in [1.82, 2.24) is 10.6 Å². The molecule has 3 N–H and O–H groups in total. The van der Waals surface area contributed by atoms with Crippen LogP contribution in [0.5, 0.6) is 5.75 Å². The zero-order valence-electron chi connectivity index (χ0n) is 13.4. The number of nitrogens with one attached hydrogen (secondary N) is 2. The summed E-state index contributed by atoms with van der Waals surface area (Å²) < 4.78 is 5.59. The second-order valence-corrected chi connectivity index (χ2v) is 6.25. The molecule has 0 unspecified atom stereocenters. The average Bonchev–Trinajstić information content (AvgIpc) is 2.44. The molecule has 0 bridgehead atoms. The monoisotopic (exact) mass is 306 g/mol. The maximum absolute atomic E-state index is 11.6. The average molecular weight is 306 g/mol. The van der Waals surface area contributed by atoms with Gasteiger partial charge in [0.25, 0.3) is 0 Å². The first-order valence-corrected chi connectivity index (χ1v) is 7.96. The molecule has 122 valence electrons.